The third-order valence-electron chi connectivity index (χ3n) is 7.42. The summed E-state index contributed by atoms with van der Waals surface area (Å²) in [6.45, 7) is 1.10. The first-order valence-corrected chi connectivity index (χ1v) is 14.4. The third-order valence-corrected chi connectivity index (χ3v) is 9.81. The van der Waals surface area contributed by atoms with Crippen LogP contribution in [0.1, 0.15) is 65.3 Å². The van der Waals surface area contributed by atoms with Gasteiger partial charge >= 0.3 is 0 Å². The van der Waals surface area contributed by atoms with Crippen molar-refractivity contribution < 1.29 is 14.4 Å². The van der Waals surface area contributed by atoms with E-state index >= 15 is 0 Å². The SMILES string of the molecule is CNC(=O)c1cc2c(s1)CCc1sc(C(=O)NC)cc1C2(CCNCC(=O)N1CCCC1C#N)c1nn[nH]n1. The maximum absolute atomic E-state index is 12.8. The van der Waals surface area contributed by atoms with Gasteiger partial charge in [-0.05, 0) is 61.9 Å². The molecule has 3 amide bonds. The number of aryl methyl sites for hydroxylation is 2. The zero-order valence-electron chi connectivity index (χ0n) is 21.7. The predicted octanol–water partition coefficient (Wildman–Crippen LogP) is 0.969. The van der Waals surface area contributed by atoms with Gasteiger partial charge in [-0.1, -0.05) is 5.21 Å². The Labute approximate surface area is 233 Å². The van der Waals surface area contributed by atoms with Crippen LogP contribution in [-0.2, 0) is 23.1 Å². The molecule has 1 atom stereocenters. The smallest absolute Gasteiger partial charge is 0.261 e. The molecule has 2 aliphatic rings. The first-order valence-electron chi connectivity index (χ1n) is 12.8. The van der Waals surface area contributed by atoms with Crippen molar-refractivity contribution in [3.8, 4) is 6.07 Å². The molecule has 3 aromatic rings. The molecule has 3 aromatic heterocycles. The molecule has 0 spiro atoms. The Morgan fingerprint density at radius 1 is 1.13 bits per heavy atom. The number of aromatic amines is 1. The van der Waals surface area contributed by atoms with E-state index in [0.717, 1.165) is 27.3 Å². The highest BCUT2D eigenvalue weighted by Crippen LogP contribution is 2.50. The van der Waals surface area contributed by atoms with Gasteiger partial charge in [-0.25, -0.2) is 0 Å². The van der Waals surface area contributed by atoms with Crippen molar-refractivity contribution in [3.05, 3.63) is 48.6 Å². The molecule has 204 valence electrons. The summed E-state index contributed by atoms with van der Waals surface area (Å²) in [6.07, 6.45) is 3.39. The van der Waals surface area contributed by atoms with Gasteiger partial charge in [0.25, 0.3) is 11.8 Å². The molecular formula is C25H29N9O3S2. The minimum absolute atomic E-state index is 0.0977. The summed E-state index contributed by atoms with van der Waals surface area (Å²) in [7, 11) is 3.20. The van der Waals surface area contributed by atoms with Crippen LogP contribution in [0.4, 0.5) is 0 Å². The lowest BCUT2D eigenvalue weighted by atomic mass is 9.71. The summed E-state index contributed by atoms with van der Waals surface area (Å²) < 4.78 is 0. The molecule has 4 heterocycles. The fraction of sp³-hybridized carbons (Fsp3) is 0.480. The van der Waals surface area contributed by atoms with E-state index < -0.39 is 5.41 Å². The average Bonchev–Trinajstić information content (AvgIpc) is 3.77. The molecule has 1 aliphatic heterocycles. The van der Waals surface area contributed by atoms with Crippen LogP contribution >= 0.6 is 22.7 Å². The summed E-state index contributed by atoms with van der Waals surface area (Å²) in [5.74, 6) is -0.0162. The molecule has 39 heavy (non-hydrogen) atoms. The summed E-state index contributed by atoms with van der Waals surface area (Å²) >= 11 is 2.90. The third kappa shape index (κ3) is 4.81. The van der Waals surface area contributed by atoms with Crippen molar-refractivity contribution in [1.82, 2.24) is 41.5 Å². The van der Waals surface area contributed by atoms with Crippen LogP contribution in [0.2, 0.25) is 0 Å². The fourth-order valence-electron chi connectivity index (χ4n) is 5.53. The number of nitrogens with zero attached hydrogens (tertiary/aromatic N) is 5. The number of likely N-dealkylation sites (tertiary alicyclic amines) is 1. The number of hydrogen-bond donors (Lipinski definition) is 4. The first-order chi connectivity index (χ1) is 18.9. The van der Waals surface area contributed by atoms with Gasteiger partial charge in [-0.15, -0.1) is 32.9 Å². The Morgan fingerprint density at radius 3 is 2.31 bits per heavy atom. The molecule has 14 heteroatoms. The number of nitrogens with one attached hydrogen (secondary N) is 4. The van der Waals surface area contributed by atoms with Crippen LogP contribution in [0.25, 0.3) is 0 Å². The second-order valence-electron chi connectivity index (χ2n) is 9.50. The monoisotopic (exact) mass is 567 g/mol. The highest BCUT2D eigenvalue weighted by atomic mass is 32.1. The lowest BCUT2D eigenvalue weighted by Crippen LogP contribution is -2.42. The number of thiophene rings is 2. The molecule has 0 bridgehead atoms. The van der Waals surface area contributed by atoms with Crippen molar-refractivity contribution in [2.45, 2.75) is 43.6 Å². The Balaban J connectivity index is 1.53. The van der Waals surface area contributed by atoms with Crippen LogP contribution in [0.3, 0.4) is 0 Å². The van der Waals surface area contributed by atoms with E-state index in [9.17, 15) is 19.6 Å². The normalized spacial score (nSPS) is 17.6. The molecule has 12 nitrogen and oxygen atoms in total. The Morgan fingerprint density at radius 2 is 1.77 bits per heavy atom. The average molecular weight is 568 g/mol. The number of fused-ring (bicyclic) bond motifs is 2. The molecule has 1 saturated heterocycles. The molecule has 1 fully saturated rings. The van der Waals surface area contributed by atoms with Gasteiger partial charge in [0.05, 0.1) is 27.8 Å². The number of aromatic nitrogens is 4. The second kappa shape index (κ2) is 11.2. The van der Waals surface area contributed by atoms with E-state index in [1.54, 1.807) is 19.0 Å². The van der Waals surface area contributed by atoms with Crippen LogP contribution in [0.15, 0.2) is 12.1 Å². The van der Waals surface area contributed by atoms with Gasteiger partial charge in [0.1, 0.15) is 6.04 Å². The Bertz CT molecular complexity index is 1360. The topological polar surface area (TPSA) is 169 Å². The van der Waals surface area contributed by atoms with Gasteiger partial charge in [0, 0.05) is 30.4 Å². The molecule has 4 N–H and O–H groups in total. The largest absolute Gasteiger partial charge is 0.354 e. The van der Waals surface area contributed by atoms with Crippen molar-refractivity contribution in [1.29, 1.82) is 5.26 Å². The molecule has 0 aromatic carbocycles. The quantitative estimate of drug-likeness (QED) is 0.292. The standard InChI is InChI=1S/C25H29N9O3S2/c1-27-22(36)19-10-15-17(38-19)5-6-18-16(11-20(39-18)23(37)28-2)25(15,24-30-32-33-31-24)7-8-29-13-21(35)34-9-3-4-14(34)12-26/h10-11,14,29H,3-9,13H2,1-2H3,(H,27,36)(H,28,37)(H,30,31,32,33). The zero-order chi connectivity index (χ0) is 27.6. The molecule has 1 aliphatic carbocycles. The predicted molar refractivity (Wildman–Crippen MR) is 145 cm³/mol. The second-order valence-corrected chi connectivity index (χ2v) is 11.8. The van der Waals surface area contributed by atoms with E-state index in [2.05, 4.69) is 42.6 Å². The van der Waals surface area contributed by atoms with Crippen LogP contribution in [0.5, 0.6) is 0 Å². The zero-order valence-corrected chi connectivity index (χ0v) is 23.3. The highest BCUT2D eigenvalue weighted by molar-refractivity contribution is 7.15. The molecule has 0 saturated carbocycles. The summed E-state index contributed by atoms with van der Waals surface area (Å²) in [5.41, 5.74) is 0.910. The maximum atomic E-state index is 12.8. The molecule has 5 rings (SSSR count). The van der Waals surface area contributed by atoms with Crippen LogP contribution in [0, 0.1) is 11.3 Å². The molecule has 1 unspecified atom stereocenters. The lowest BCUT2D eigenvalue weighted by Gasteiger charge is -2.31. The van der Waals surface area contributed by atoms with Crippen molar-refractivity contribution in [3.63, 3.8) is 0 Å². The lowest BCUT2D eigenvalue weighted by molar-refractivity contribution is -0.130. The van der Waals surface area contributed by atoms with Gasteiger partial charge < -0.3 is 20.9 Å². The fourth-order valence-corrected chi connectivity index (χ4v) is 7.90. The Hall–Kier alpha value is -3.67. The number of amides is 3. The molecular weight excluding hydrogens is 538 g/mol. The van der Waals surface area contributed by atoms with Crippen molar-refractivity contribution in [2.24, 2.45) is 0 Å². The van der Waals surface area contributed by atoms with E-state index in [-0.39, 0.29) is 30.3 Å². The maximum Gasteiger partial charge on any atom is 0.261 e. The Kier molecular flexibility index (Phi) is 7.74. The number of hydrogen-bond acceptors (Lipinski definition) is 10. The van der Waals surface area contributed by atoms with Gasteiger partial charge in [0.15, 0.2) is 5.82 Å². The minimum Gasteiger partial charge on any atom is -0.354 e. The molecule has 0 radical (unpaired) electrons. The van der Waals surface area contributed by atoms with E-state index in [1.165, 1.54) is 22.7 Å². The summed E-state index contributed by atoms with van der Waals surface area (Å²) in [5, 5.41) is 33.3. The van der Waals surface area contributed by atoms with Gasteiger partial charge in [-0.3, -0.25) is 14.4 Å². The number of nitriles is 1. The van der Waals surface area contributed by atoms with Crippen LogP contribution < -0.4 is 16.0 Å². The summed E-state index contributed by atoms with van der Waals surface area (Å²) in [6, 6.07) is 5.63. The number of tetrazole rings is 1. The number of carbonyl (C=O) groups excluding carboxylic acids is 3. The highest BCUT2D eigenvalue weighted by Gasteiger charge is 2.46. The van der Waals surface area contributed by atoms with E-state index in [4.69, 9.17) is 0 Å². The van der Waals surface area contributed by atoms with Crippen molar-refractivity contribution in [2.75, 3.05) is 33.7 Å². The minimum atomic E-state index is -0.904. The number of rotatable bonds is 8. The van der Waals surface area contributed by atoms with E-state index in [1.807, 2.05) is 12.1 Å². The van der Waals surface area contributed by atoms with Crippen molar-refractivity contribution >= 4 is 40.4 Å². The first kappa shape index (κ1) is 26.9. The number of H-pyrrole nitrogens is 1. The summed E-state index contributed by atoms with van der Waals surface area (Å²) in [4.78, 5) is 43.0. The van der Waals surface area contributed by atoms with Gasteiger partial charge in [0.2, 0.25) is 5.91 Å². The van der Waals surface area contributed by atoms with Crippen LogP contribution in [-0.4, -0.2) is 83.0 Å². The van der Waals surface area contributed by atoms with Gasteiger partial charge in [-0.2, -0.15) is 10.5 Å². The number of carbonyl (C=O) groups is 3. The van der Waals surface area contributed by atoms with E-state index in [0.29, 0.717) is 54.4 Å².